The van der Waals surface area contributed by atoms with Crippen LogP contribution in [0.5, 0.6) is 0 Å². The summed E-state index contributed by atoms with van der Waals surface area (Å²) in [7, 11) is 0. The van der Waals surface area contributed by atoms with Crippen molar-refractivity contribution >= 4 is 5.91 Å². The Morgan fingerprint density at radius 1 is 1.17 bits per heavy atom. The molecule has 0 aliphatic carbocycles. The van der Waals surface area contributed by atoms with Crippen LogP contribution in [-0.4, -0.2) is 24.0 Å². The summed E-state index contributed by atoms with van der Waals surface area (Å²) < 4.78 is 24.4. The lowest BCUT2D eigenvalue weighted by molar-refractivity contribution is -0.121. The predicted octanol–water partition coefficient (Wildman–Crippen LogP) is 4.70. The number of amides is 1. The summed E-state index contributed by atoms with van der Waals surface area (Å²) in [6.45, 7) is 3.16. The molecule has 0 aliphatic heterocycles. The third kappa shape index (κ3) is 6.54. The van der Waals surface area contributed by atoms with Gasteiger partial charge in [-0.25, -0.2) is 9.37 Å². The fourth-order valence-electron chi connectivity index (χ4n) is 2.86. The van der Waals surface area contributed by atoms with Crippen molar-refractivity contribution in [2.24, 2.45) is 0 Å². The molecule has 1 atom stereocenters. The van der Waals surface area contributed by atoms with Crippen LogP contribution in [0.4, 0.5) is 4.39 Å². The van der Waals surface area contributed by atoms with Gasteiger partial charge in [0.25, 0.3) is 0 Å². The Morgan fingerprint density at radius 3 is 2.69 bits per heavy atom. The van der Waals surface area contributed by atoms with Crippen molar-refractivity contribution in [1.82, 2.24) is 10.3 Å². The summed E-state index contributed by atoms with van der Waals surface area (Å²) in [5.41, 5.74) is 1.89. The highest BCUT2D eigenvalue weighted by Gasteiger charge is 2.09. The Kier molecular flexibility index (Phi) is 7.53. The second-order valence-corrected chi connectivity index (χ2v) is 6.75. The van der Waals surface area contributed by atoms with Crippen LogP contribution in [0, 0.1) is 5.82 Å². The lowest BCUT2D eigenvalue weighted by Crippen LogP contribution is -2.25. The van der Waals surface area contributed by atoms with Crippen LogP contribution in [-0.2, 0) is 16.0 Å². The highest BCUT2D eigenvalue weighted by atomic mass is 19.1. The lowest BCUT2D eigenvalue weighted by atomic mass is 10.1. The minimum absolute atomic E-state index is 0.0345. The summed E-state index contributed by atoms with van der Waals surface area (Å²) in [5, 5.41) is 2.88. The van der Waals surface area contributed by atoms with E-state index in [0.29, 0.717) is 37.6 Å². The number of rotatable bonds is 10. The summed E-state index contributed by atoms with van der Waals surface area (Å²) in [4.78, 5) is 16.2. The van der Waals surface area contributed by atoms with E-state index in [4.69, 9.17) is 9.15 Å². The Hall–Kier alpha value is -2.99. The molecule has 0 saturated carbocycles. The van der Waals surface area contributed by atoms with Gasteiger partial charge in [-0.1, -0.05) is 30.3 Å². The van der Waals surface area contributed by atoms with E-state index in [9.17, 15) is 9.18 Å². The molecule has 3 aromatic rings. The van der Waals surface area contributed by atoms with E-state index in [2.05, 4.69) is 10.3 Å². The van der Waals surface area contributed by atoms with Gasteiger partial charge < -0.3 is 14.5 Å². The molecule has 1 heterocycles. The molecule has 2 aromatic carbocycles. The number of hydrogen-bond donors (Lipinski definition) is 1. The Bertz CT molecular complexity index is 894. The van der Waals surface area contributed by atoms with Crippen LogP contribution in [0.1, 0.15) is 37.3 Å². The van der Waals surface area contributed by atoms with Gasteiger partial charge >= 0.3 is 0 Å². The molecule has 5 nitrogen and oxygen atoms in total. The van der Waals surface area contributed by atoms with Crippen LogP contribution in [0.25, 0.3) is 11.3 Å². The maximum absolute atomic E-state index is 13.0. The van der Waals surface area contributed by atoms with Crippen molar-refractivity contribution in [1.29, 1.82) is 0 Å². The first-order valence-corrected chi connectivity index (χ1v) is 9.75. The average Bonchev–Trinajstić information content (AvgIpc) is 3.22. The van der Waals surface area contributed by atoms with Crippen molar-refractivity contribution in [2.75, 3.05) is 13.2 Å². The molecule has 29 heavy (non-hydrogen) atoms. The Labute approximate surface area is 169 Å². The van der Waals surface area contributed by atoms with Crippen molar-refractivity contribution < 1.29 is 18.3 Å². The first-order valence-electron chi connectivity index (χ1n) is 9.75. The molecule has 1 N–H and O–H groups in total. The molecule has 0 saturated heterocycles. The molecular formula is C23H25FN2O3. The predicted molar refractivity (Wildman–Crippen MR) is 109 cm³/mol. The molecule has 0 aliphatic rings. The number of aryl methyl sites for hydroxylation is 1. The second-order valence-electron chi connectivity index (χ2n) is 6.75. The van der Waals surface area contributed by atoms with Gasteiger partial charge in [-0.05, 0) is 43.2 Å². The highest BCUT2D eigenvalue weighted by molar-refractivity contribution is 5.76. The van der Waals surface area contributed by atoms with E-state index >= 15 is 0 Å². The van der Waals surface area contributed by atoms with Gasteiger partial charge in [-0.15, -0.1) is 0 Å². The van der Waals surface area contributed by atoms with Crippen molar-refractivity contribution in [3.8, 4) is 11.3 Å². The summed E-state index contributed by atoms with van der Waals surface area (Å²) in [6.07, 6.45) is 3.08. The number of carbonyl (C=O) groups excluding carboxylic acids is 1. The topological polar surface area (TPSA) is 64.4 Å². The zero-order valence-electron chi connectivity index (χ0n) is 16.4. The molecule has 152 valence electrons. The fraction of sp³-hybridized carbons (Fsp3) is 0.304. The SMILES string of the molecule is C[C@@H](OCCCNC(=O)CCc1ncc(-c2ccc(F)cc2)o1)c1ccccc1. The molecule has 3 rings (SSSR count). The number of ether oxygens (including phenoxy) is 1. The first-order chi connectivity index (χ1) is 14.1. The van der Waals surface area contributed by atoms with Gasteiger partial charge in [0.05, 0.1) is 12.3 Å². The van der Waals surface area contributed by atoms with Gasteiger partial charge in [-0.2, -0.15) is 0 Å². The second kappa shape index (κ2) is 10.5. The number of carbonyl (C=O) groups is 1. The number of nitrogens with zero attached hydrogens (tertiary/aromatic N) is 1. The summed E-state index contributed by atoms with van der Waals surface area (Å²) >= 11 is 0. The van der Waals surface area contributed by atoms with Gasteiger partial charge in [0, 0.05) is 31.6 Å². The van der Waals surface area contributed by atoms with Gasteiger partial charge in [0.2, 0.25) is 5.91 Å². The Morgan fingerprint density at radius 2 is 1.93 bits per heavy atom. The van der Waals surface area contributed by atoms with E-state index in [1.807, 2.05) is 37.3 Å². The van der Waals surface area contributed by atoms with Gasteiger partial charge in [-0.3, -0.25) is 4.79 Å². The number of nitrogens with one attached hydrogen (secondary N) is 1. The minimum Gasteiger partial charge on any atom is -0.441 e. The van der Waals surface area contributed by atoms with Crippen molar-refractivity contribution in [3.05, 3.63) is 78.1 Å². The zero-order chi connectivity index (χ0) is 20.5. The molecule has 0 fully saturated rings. The van der Waals surface area contributed by atoms with E-state index in [-0.39, 0.29) is 17.8 Å². The van der Waals surface area contributed by atoms with Crippen LogP contribution in [0.3, 0.4) is 0 Å². The molecule has 1 aromatic heterocycles. The molecule has 0 unspecified atom stereocenters. The summed E-state index contributed by atoms with van der Waals surface area (Å²) in [5.74, 6) is 0.692. The molecule has 1 amide bonds. The first kappa shape index (κ1) is 20.7. The normalized spacial score (nSPS) is 11.9. The van der Waals surface area contributed by atoms with Gasteiger partial charge in [0.1, 0.15) is 5.82 Å². The summed E-state index contributed by atoms with van der Waals surface area (Å²) in [6, 6.07) is 16.0. The third-order valence-corrected chi connectivity index (χ3v) is 4.53. The third-order valence-electron chi connectivity index (χ3n) is 4.53. The van der Waals surface area contributed by atoms with E-state index in [0.717, 1.165) is 17.5 Å². The van der Waals surface area contributed by atoms with E-state index in [1.54, 1.807) is 18.3 Å². The van der Waals surface area contributed by atoms with Gasteiger partial charge in [0.15, 0.2) is 11.7 Å². The molecular weight excluding hydrogens is 371 g/mol. The quantitative estimate of drug-likeness (QED) is 0.505. The maximum atomic E-state index is 13.0. The van der Waals surface area contributed by atoms with Crippen LogP contribution in [0.15, 0.2) is 65.2 Å². The molecule has 0 spiro atoms. The van der Waals surface area contributed by atoms with Crippen molar-refractivity contribution in [3.63, 3.8) is 0 Å². The monoisotopic (exact) mass is 396 g/mol. The minimum atomic E-state index is -0.301. The maximum Gasteiger partial charge on any atom is 0.220 e. The standard InChI is InChI=1S/C23H25FN2O3/c1-17(18-6-3-2-4-7-18)28-15-5-14-25-22(27)12-13-23-26-16-21(29-23)19-8-10-20(24)11-9-19/h2-4,6-11,16-17H,5,12-15H2,1H3,(H,25,27)/t17-/m1/s1. The van der Waals surface area contributed by atoms with Crippen LogP contribution < -0.4 is 5.32 Å². The molecule has 0 bridgehead atoms. The zero-order valence-corrected chi connectivity index (χ0v) is 16.4. The van der Waals surface area contributed by atoms with Crippen LogP contribution >= 0.6 is 0 Å². The highest BCUT2D eigenvalue weighted by Crippen LogP contribution is 2.21. The molecule has 6 heteroatoms. The number of oxazole rings is 1. The number of hydrogen-bond acceptors (Lipinski definition) is 4. The van der Waals surface area contributed by atoms with E-state index in [1.165, 1.54) is 12.1 Å². The number of halogens is 1. The van der Waals surface area contributed by atoms with Crippen molar-refractivity contribution in [2.45, 2.75) is 32.3 Å². The lowest BCUT2D eigenvalue weighted by Gasteiger charge is -2.13. The molecule has 0 radical (unpaired) electrons. The number of aromatic nitrogens is 1. The fourth-order valence-corrected chi connectivity index (χ4v) is 2.86. The largest absolute Gasteiger partial charge is 0.441 e. The van der Waals surface area contributed by atoms with E-state index < -0.39 is 0 Å². The average molecular weight is 396 g/mol. The Balaban J connectivity index is 1.32. The number of benzene rings is 2. The smallest absolute Gasteiger partial charge is 0.220 e. The van der Waals surface area contributed by atoms with Crippen LogP contribution in [0.2, 0.25) is 0 Å².